The third kappa shape index (κ3) is 5.78. The molecule has 0 fully saturated rings. The zero-order chi connectivity index (χ0) is 25.2. The first-order valence-corrected chi connectivity index (χ1v) is 13.3. The molecule has 0 saturated carbocycles. The number of benzene rings is 2. The fraction of sp³-hybridized carbons (Fsp3) is 0.519. The van der Waals surface area contributed by atoms with Crippen LogP contribution in [0.1, 0.15) is 69.7 Å². The SMILES string of the molecule is CCC(CC)(c1ccc(OCC(=O)C(C)(C)C)c(C)c1)c1ccc(N(C)S(C)(=O)=O)c(C)c1. The summed E-state index contributed by atoms with van der Waals surface area (Å²) in [5, 5.41) is 0. The van der Waals surface area contributed by atoms with E-state index in [2.05, 4.69) is 32.0 Å². The third-order valence-corrected chi connectivity index (χ3v) is 7.91. The van der Waals surface area contributed by atoms with E-state index in [9.17, 15) is 13.2 Å². The number of hydrogen-bond acceptors (Lipinski definition) is 4. The predicted molar refractivity (Wildman–Crippen MR) is 137 cm³/mol. The summed E-state index contributed by atoms with van der Waals surface area (Å²) < 4.78 is 31.2. The Morgan fingerprint density at radius 3 is 1.88 bits per heavy atom. The molecule has 0 radical (unpaired) electrons. The number of rotatable bonds is 9. The molecule has 0 saturated heterocycles. The van der Waals surface area contributed by atoms with Crippen molar-refractivity contribution in [2.24, 2.45) is 5.41 Å². The quantitative estimate of drug-likeness (QED) is 0.462. The van der Waals surface area contributed by atoms with Gasteiger partial charge < -0.3 is 4.74 Å². The highest BCUT2D eigenvalue weighted by atomic mass is 32.2. The van der Waals surface area contributed by atoms with Crippen LogP contribution in [-0.2, 0) is 20.2 Å². The van der Waals surface area contributed by atoms with Crippen LogP contribution in [0.4, 0.5) is 5.69 Å². The van der Waals surface area contributed by atoms with Gasteiger partial charge in [0.1, 0.15) is 12.4 Å². The monoisotopic (exact) mass is 473 g/mol. The van der Waals surface area contributed by atoms with E-state index in [4.69, 9.17) is 4.74 Å². The van der Waals surface area contributed by atoms with E-state index in [0.717, 1.165) is 35.3 Å². The molecule has 0 spiro atoms. The minimum Gasteiger partial charge on any atom is -0.486 e. The Hall–Kier alpha value is -2.34. The van der Waals surface area contributed by atoms with Crippen LogP contribution in [0.15, 0.2) is 36.4 Å². The molecule has 5 nitrogen and oxygen atoms in total. The van der Waals surface area contributed by atoms with Gasteiger partial charge in [-0.3, -0.25) is 9.10 Å². The van der Waals surface area contributed by atoms with Crippen molar-refractivity contribution < 1.29 is 17.9 Å². The predicted octanol–water partition coefficient (Wildman–Crippen LogP) is 5.80. The summed E-state index contributed by atoms with van der Waals surface area (Å²) in [7, 11) is -1.75. The van der Waals surface area contributed by atoms with E-state index in [1.165, 1.54) is 16.1 Å². The average Bonchev–Trinajstić information content (AvgIpc) is 2.72. The largest absolute Gasteiger partial charge is 0.486 e. The fourth-order valence-electron chi connectivity index (χ4n) is 4.19. The topological polar surface area (TPSA) is 63.7 Å². The molecule has 0 heterocycles. The number of nitrogens with zero attached hydrogens (tertiary/aromatic N) is 1. The summed E-state index contributed by atoms with van der Waals surface area (Å²) in [6.07, 6.45) is 3.00. The maximum atomic E-state index is 12.3. The number of ether oxygens (including phenoxy) is 1. The second-order valence-electron chi connectivity index (χ2n) is 9.96. The lowest BCUT2D eigenvalue weighted by atomic mass is 9.70. The van der Waals surface area contributed by atoms with Gasteiger partial charge in [-0.05, 0) is 61.1 Å². The number of anilines is 1. The Bertz CT molecular complexity index is 1110. The Morgan fingerprint density at radius 1 is 0.939 bits per heavy atom. The molecule has 2 rings (SSSR count). The summed E-state index contributed by atoms with van der Waals surface area (Å²) in [6.45, 7) is 14.1. The van der Waals surface area contributed by atoms with Gasteiger partial charge in [0.25, 0.3) is 0 Å². The van der Waals surface area contributed by atoms with Crippen molar-refractivity contribution >= 4 is 21.5 Å². The highest BCUT2D eigenvalue weighted by molar-refractivity contribution is 7.92. The Kier molecular flexibility index (Phi) is 8.06. The van der Waals surface area contributed by atoms with Gasteiger partial charge in [0.2, 0.25) is 10.0 Å². The molecular formula is C27H39NO4S. The number of ketones is 1. The summed E-state index contributed by atoms with van der Waals surface area (Å²) in [5.41, 5.74) is 4.30. The van der Waals surface area contributed by atoms with Gasteiger partial charge in [0.05, 0.1) is 11.9 Å². The van der Waals surface area contributed by atoms with Gasteiger partial charge in [-0.15, -0.1) is 0 Å². The van der Waals surface area contributed by atoms with Gasteiger partial charge in [0, 0.05) is 17.9 Å². The van der Waals surface area contributed by atoms with Crippen molar-refractivity contribution in [2.45, 2.75) is 66.7 Å². The highest BCUT2D eigenvalue weighted by Crippen LogP contribution is 2.41. The molecule has 2 aromatic rings. The minimum absolute atomic E-state index is 0.0604. The first kappa shape index (κ1) is 26.9. The summed E-state index contributed by atoms with van der Waals surface area (Å²) >= 11 is 0. The number of aryl methyl sites for hydroxylation is 2. The maximum absolute atomic E-state index is 12.3. The van der Waals surface area contributed by atoms with Crippen molar-refractivity contribution in [2.75, 3.05) is 24.2 Å². The lowest BCUT2D eigenvalue weighted by Crippen LogP contribution is -2.28. The number of carbonyl (C=O) groups excluding carboxylic acids is 1. The molecule has 182 valence electrons. The van der Waals surface area contributed by atoms with E-state index in [1.807, 2.05) is 52.8 Å². The number of sulfonamides is 1. The van der Waals surface area contributed by atoms with Crippen LogP contribution in [0.25, 0.3) is 0 Å². The Balaban J connectivity index is 2.44. The second kappa shape index (κ2) is 9.88. The van der Waals surface area contributed by atoms with Gasteiger partial charge in [0.15, 0.2) is 5.78 Å². The molecule has 6 heteroatoms. The van der Waals surface area contributed by atoms with Crippen molar-refractivity contribution in [1.82, 2.24) is 0 Å². The van der Waals surface area contributed by atoms with E-state index in [1.54, 1.807) is 7.05 Å². The molecule has 0 unspecified atom stereocenters. The lowest BCUT2D eigenvalue weighted by molar-refractivity contribution is -0.128. The van der Waals surface area contributed by atoms with Gasteiger partial charge >= 0.3 is 0 Å². The summed E-state index contributed by atoms with van der Waals surface area (Å²) in [4.78, 5) is 12.3. The molecule has 0 amide bonds. The molecule has 0 aromatic heterocycles. The number of hydrogen-bond donors (Lipinski definition) is 0. The van der Waals surface area contributed by atoms with Crippen LogP contribution in [0.5, 0.6) is 5.75 Å². The zero-order valence-corrected chi connectivity index (χ0v) is 22.4. The zero-order valence-electron chi connectivity index (χ0n) is 21.6. The molecule has 0 aliphatic heterocycles. The number of carbonyl (C=O) groups is 1. The molecule has 0 aliphatic carbocycles. The smallest absolute Gasteiger partial charge is 0.232 e. The van der Waals surface area contributed by atoms with Crippen LogP contribution in [0.2, 0.25) is 0 Å². The highest BCUT2D eigenvalue weighted by Gasteiger charge is 2.32. The van der Waals surface area contributed by atoms with E-state index in [-0.39, 0.29) is 17.8 Å². The summed E-state index contributed by atoms with van der Waals surface area (Å²) in [5.74, 6) is 0.788. The van der Waals surface area contributed by atoms with Crippen molar-refractivity contribution in [1.29, 1.82) is 0 Å². The van der Waals surface area contributed by atoms with Crippen LogP contribution in [0, 0.1) is 19.3 Å². The van der Waals surface area contributed by atoms with Crippen LogP contribution in [-0.4, -0.2) is 34.1 Å². The Morgan fingerprint density at radius 2 is 1.45 bits per heavy atom. The lowest BCUT2D eigenvalue weighted by Gasteiger charge is -2.34. The first-order chi connectivity index (χ1) is 15.2. The van der Waals surface area contributed by atoms with Gasteiger partial charge in [-0.2, -0.15) is 0 Å². The average molecular weight is 474 g/mol. The van der Waals surface area contributed by atoms with Gasteiger partial charge in [-0.1, -0.05) is 58.9 Å². The molecule has 2 aromatic carbocycles. The Labute approximate surface area is 200 Å². The van der Waals surface area contributed by atoms with Crippen molar-refractivity contribution in [3.05, 3.63) is 58.7 Å². The van der Waals surface area contributed by atoms with Crippen LogP contribution >= 0.6 is 0 Å². The fourth-order valence-corrected chi connectivity index (χ4v) is 4.75. The van der Waals surface area contributed by atoms with E-state index < -0.39 is 15.4 Å². The normalized spacial score (nSPS) is 12.5. The second-order valence-corrected chi connectivity index (χ2v) is 12.0. The summed E-state index contributed by atoms with van der Waals surface area (Å²) in [6, 6.07) is 12.2. The molecule has 0 bridgehead atoms. The molecule has 0 aliphatic rings. The van der Waals surface area contributed by atoms with Crippen LogP contribution < -0.4 is 9.04 Å². The molecule has 0 N–H and O–H groups in total. The van der Waals surface area contributed by atoms with Crippen molar-refractivity contribution in [3.63, 3.8) is 0 Å². The van der Waals surface area contributed by atoms with Crippen LogP contribution in [0.3, 0.4) is 0 Å². The number of Topliss-reactive ketones (excluding diaryl/α,β-unsaturated/α-hetero) is 1. The van der Waals surface area contributed by atoms with Crippen molar-refractivity contribution in [3.8, 4) is 5.75 Å². The third-order valence-electron chi connectivity index (χ3n) is 6.72. The molecule has 33 heavy (non-hydrogen) atoms. The first-order valence-electron chi connectivity index (χ1n) is 11.5. The standard InChI is InChI=1S/C27H39NO4S/c1-10-27(11-2,21-12-14-23(19(3)16-21)28(8)33(9,30)31)22-13-15-24(20(4)17-22)32-18-25(29)26(5,6)7/h12-17H,10-11,18H2,1-9H3. The van der Waals surface area contributed by atoms with Gasteiger partial charge in [-0.25, -0.2) is 8.42 Å². The van der Waals surface area contributed by atoms with E-state index in [0.29, 0.717) is 5.69 Å². The molecular weight excluding hydrogens is 434 g/mol. The minimum atomic E-state index is -3.33. The molecule has 0 atom stereocenters. The van der Waals surface area contributed by atoms with E-state index >= 15 is 0 Å². The maximum Gasteiger partial charge on any atom is 0.232 e.